The molecule has 1 aromatic heterocycles. The molecule has 7 N–H and O–H groups in total. The third-order valence-corrected chi connectivity index (χ3v) is 3.75. The second-order valence-electron chi connectivity index (χ2n) is 6.46. The number of hydrogen-bond donors (Lipinski definition) is 6. The molecule has 3 atom stereocenters. The van der Waals surface area contributed by atoms with Crippen molar-refractivity contribution in [3.8, 4) is 0 Å². The molecule has 0 aromatic carbocycles. The Morgan fingerprint density at radius 2 is 1.85 bits per heavy atom. The fourth-order valence-electron chi connectivity index (χ4n) is 2.15. The Hall–Kier alpha value is -2.95. The first-order valence-electron chi connectivity index (χ1n) is 8.44. The van der Waals surface area contributed by atoms with Crippen LogP contribution in [0.3, 0.4) is 0 Å². The van der Waals surface area contributed by atoms with Crippen LogP contribution in [-0.2, 0) is 25.6 Å². The first-order chi connectivity index (χ1) is 12.6. The number of carbonyl (C=O) groups is 4. The predicted octanol–water partition coefficient (Wildman–Crippen LogP) is -1.87. The second kappa shape index (κ2) is 10.3. The van der Waals surface area contributed by atoms with Crippen LogP contribution in [0.15, 0.2) is 12.5 Å². The standard InChI is InChI=1S/C16H26N6O5/c1-8(2)13(15(25)19-6-12(23)21-9(3)16(26)27)22-14(24)11(17)4-10-5-18-7-20-10/h5,7-9,11,13H,4,6,17H2,1-3H3,(H,18,20)(H,19,25)(H,21,23)(H,22,24)(H,26,27). The zero-order valence-corrected chi connectivity index (χ0v) is 15.5. The molecule has 3 unspecified atom stereocenters. The van der Waals surface area contributed by atoms with Gasteiger partial charge in [-0.3, -0.25) is 19.2 Å². The summed E-state index contributed by atoms with van der Waals surface area (Å²) < 4.78 is 0. The van der Waals surface area contributed by atoms with Crippen LogP contribution in [-0.4, -0.2) is 63.4 Å². The Morgan fingerprint density at radius 3 is 2.37 bits per heavy atom. The smallest absolute Gasteiger partial charge is 0.325 e. The van der Waals surface area contributed by atoms with Gasteiger partial charge in [-0.1, -0.05) is 13.8 Å². The van der Waals surface area contributed by atoms with E-state index in [1.54, 1.807) is 20.0 Å². The number of amides is 3. The van der Waals surface area contributed by atoms with Crippen LogP contribution in [0, 0.1) is 5.92 Å². The van der Waals surface area contributed by atoms with E-state index in [9.17, 15) is 19.2 Å². The number of aromatic amines is 1. The summed E-state index contributed by atoms with van der Waals surface area (Å²) in [5.41, 5.74) is 6.54. The van der Waals surface area contributed by atoms with Crippen LogP contribution < -0.4 is 21.7 Å². The van der Waals surface area contributed by atoms with Crippen molar-refractivity contribution in [2.75, 3.05) is 6.54 Å². The number of aromatic nitrogens is 2. The number of carboxylic acid groups (broad SMARTS) is 1. The van der Waals surface area contributed by atoms with E-state index < -0.39 is 48.4 Å². The van der Waals surface area contributed by atoms with Crippen molar-refractivity contribution in [1.29, 1.82) is 0 Å². The van der Waals surface area contributed by atoms with Gasteiger partial charge in [0.25, 0.3) is 0 Å². The summed E-state index contributed by atoms with van der Waals surface area (Å²) in [7, 11) is 0. The van der Waals surface area contributed by atoms with Crippen LogP contribution in [0.4, 0.5) is 0 Å². The average Bonchev–Trinajstić information content (AvgIpc) is 3.09. The molecule has 150 valence electrons. The van der Waals surface area contributed by atoms with Crippen LogP contribution in [0.1, 0.15) is 26.5 Å². The van der Waals surface area contributed by atoms with E-state index in [4.69, 9.17) is 10.8 Å². The van der Waals surface area contributed by atoms with Gasteiger partial charge < -0.3 is 31.8 Å². The van der Waals surface area contributed by atoms with E-state index in [-0.39, 0.29) is 12.3 Å². The number of rotatable bonds is 10. The van der Waals surface area contributed by atoms with E-state index in [0.717, 1.165) is 0 Å². The van der Waals surface area contributed by atoms with Crippen molar-refractivity contribution in [3.63, 3.8) is 0 Å². The van der Waals surface area contributed by atoms with Gasteiger partial charge in [-0.15, -0.1) is 0 Å². The highest BCUT2D eigenvalue weighted by Crippen LogP contribution is 2.04. The van der Waals surface area contributed by atoms with E-state index in [0.29, 0.717) is 5.69 Å². The molecule has 0 aliphatic heterocycles. The van der Waals surface area contributed by atoms with Crippen molar-refractivity contribution in [2.24, 2.45) is 11.7 Å². The SMILES string of the molecule is CC(NC(=O)CNC(=O)C(NC(=O)C(N)Cc1cnc[nH]1)C(C)C)C(=O)O. The Morgan fingerprint density at radius 1 is 1.19 bits per heavy atom. The minimum absolute atomic E-state index is 0.230. The van der Waals surface area contributed by atoms with E-state index in [1.807, 2.05) is 0 Å². The topological polar surface area (TPSA) is 179 Å². The molecule has 1 heterocycles. The number of aliphatic carboxylic acids is 1. The molecule has 0 fully saturated rings. The number of nitrogens with zero attached hydrogens (tertiary/aromatic N) is 1. The van der Waals surface area contributed by atoms with Crippen LogP contribution >= 0.6 is 0 Å². The summed E-state index contributed by atoms with van der Waals surface area (Å²) in [5.74, 6) is -3.17. The van der Waals surface area contributed by atoms with E-state index in [1.165, 1.54) is 13.3 Å². The van der Waals surface area contributed by atoms with Gasteiger partial charge in [0.05, 0.1) is 18.9 Å². The fourth-order valence-corrected chi connectivity index (χ4v) is 2.15. The molecule has 11 nitrogen and oxygen atoms in total. The summed E-state index contributed by atoms with van der Waals surface area (Å²) in [5, 5.41) is 15.9. The van der Waals surface area contributed by atoms with Crippen molar-refractivity contribution in [2.45, 2.75) is 45.3 Å². The number of H-pyrrole nitrogens is 1. The molecule has 11 heteroatoms. The summed E-state index contributed by atoms with van der Waals surface area (Å²) >= 11 is 0. The lowest BCUT2D eigenvalue weighted by Gasteiger charge is -2.23. The Balaban J connectivity index is 2.55. The predicted molar refractivity (Wildman–Crippen MR) is 95.3 cm³/mol. The maximum atomic E-state index is 12.3. The van der Waals surface area contributed by atoms with E-state index in [2.05, 4.69) is 25.9 Å². The Labute approximate surface area is 156 Å². The van der Waals surface area contributed by atoms with Crippen LogP contribution in [0.2, 0.25) is 0 Å². The summed E-state index contributed by atoms with van der Waals surface area (Å²) in [6.45, 7) is 4.37. The number of carboxylic acids is 1. The maximum absolute atomic E-state index is 12.3. The fraction of sp³-hybridized carbons (Fsp3) is 0.562. The zero-order chi connectivity index (χ0) is 20.6. The highest BCUT2D eigenvalue weighted by molar-refractivity contribution is 5.92. The minimum atomic E-state index is -1.19. The quantitative estimate of drug-likeness (QED) is 0.274. The monoisotopic (exact) mass is 382 g/mol. The van der Waals surface area contributed by atoms with Gasteiger partial charge in [0.1, 0.15) is 12.1 Å². The summed E-state index contributed by atoms with van der Waals surface area (Å²) in [4.78, 5) is 53.6. The first kappa shape index (κ1) is 22.1. The van der Waals surface area contributed by atoms with Gasteiger partial charge in [-0.05, 0) is 12.8 Å². The molecular formula is C16H26N6O5. The summed E-state index contributed by atoms with van der Waals surface area (Å²) in [6.07, 6.45) is 3.25. The molecule has 1 aromatic rings. The van der Waals surface area contributed by atoms with Crippen LogP contribution in [0.25, 0.3) is 0 Å². The second-order valence-corrected chi connectivity index (χ2v) is 6.46. The maximum Gasteiger partial charge on any atom is 0.325 e. The molecule has 0 spiro atoms. The van der Waals surface area contributed by atoms with Crippen molar-refractivity contribution in [1.82, 2.24) is 25.9 Å². The molecule has 0 aliphatic carbocycles. The molecule has 0 saturated carbocycles. The number of imidazole rings is 1. The molecular weight excluding hydrogens is 356 g/mol. The normalized spacial score (nSPS) is 14.1. The Bertz CT molecular complexity index is 660. The first-order valence-corrected chi connectivity index (χ1v) is 8.44. The van der Waals surface area contributed by atoms with Crippen LogP contribution in [0.5, 0.6) is 0 Å². The average molecular weight is 382 g/mol. The molecule has 0 saturated heterocycles. The highest BCUT2D eigenvalue weighted by atomic mass is 16.4. The molecule has 3 amide bonds. The largest absolute Gasteiger partial charge is 0.480 e. The van der Waals surface area contributed by atoms with Crippen molar-refractivity contribution < 1.29 is 24.3 Å². The van der Waals surface area contributed by atoms with Crippen molar-refractivity contribution in [3.05, 3.63) is 18.2 Å². The molecule has 0 radical (unpaired) electrons. The van der Waals surface area contributed by atoms with Gasteiger partial charge in [0, 0.05) is 18.3 Å². The van der Waals surface area contributed by atoms with Gasteiger partial charge in [0.15, 0.2) is 0 Å². The molecule has 0 aliphatic rings. The van der Waals surface area contributed by atoms with Gasteiger partial charge in [-0.2, -0.15) is 0 Å². The third kappa shape index (κ3) is 7.44. The molecule has 1 rings (SSSR count). The third-order valence-electron chi connectivity index (χ3n) is 3.75. The Kier molecular flexibility index (Phi) is 8.39. The number of carbonyl (C=O) groups excluding carboxylic acids is 3. The van der Waals surface area contributed by atoms with Gasteiger partial charge in [-0.25, -0.2) is 4.98 Å². The zero-order valence-electron chi connectivity index (χ0n) is 15.5. The van der Waals surface area contributed by atoms with Crippen molar-refractivity contribution >= 4 is 23.7 Å². The number of hydrogen-bond acceptors (Lipinski definition) is 6. The highest BCUT2D eigenvalue weighted by Gasteiger charge is 2.27. The van der Waals surface area contributed by atoms with E-state index >= 15 is 0 Å². The number of nitrogens with one attached hydrogen (secondary N) is 4. The lowest BCUT2D eigenvalue weighted by atomic mass is 10.0. The summed E-state index contributed by atoms with van der Waals surface area (Å²) in [6, 6.07) is -2.84. The van der Waals surface area contributed by atoms with Gasteiger partial charge in [0.2, 0.25) is 17.7 Å². The lowest BCUT2D eigenvalue weighted by molar-refractivity contribution is -0.141. The van der Waals surface area contributed by atoms with Gasteiger partial charge >= 0.3 is 5.97 Å². The number of nitrogens with two attached hydrogens (primary N) is 1. The molecule has 27 heavy (non-hydrogen) atoms. The molecule has 0 bridgehead atoms. The lowest BCUT2D eigenvalue weighted by Crippen LogP contribution is -2.55. The minimum Gasteiger partial charge on any atom is -0.480 e.